The predicted octanol–water partition coefficient (Wildman–Crippen LogP) is 2.65. The van der Waals surface area contributed by atoms with Crippen LogP contribution in [0.3, 0.4) is 0 Å². The lowest BCUT2D eigenvalue weighted by atomic mass is 10.2. The number of halogens is 1. The Morgan fingerprint density at radius 1 is 1.07 bits per heavy atom. The average Bonchev–Trinajstić information content (AvgIpc) is 3.17. The number of amides is 1. The minimum Gasteiger partial charge on any atom is -0.368 e. The van der Waals surface area contributed by atoms with E-state index < -0.39 is 0 Å². The molecule has 144 valence electrons. The highest BCUT2D eigenvalue weighted by Gasteiger charge is 2.22. The second-order valence-corrected chi connectivity index (χ2v) is 7.29. The summed E-state index contributed by atoms with van der Waals surface area (Å²) in [6, 6.07) is 15.7. The predicted molar refractivity (Wildman–Crippen MR) is 108 cm³/mol. The summed E-state index contributed by atoms with van der Waals surface area (Å²) in [7, 11) is 0. The van der Waals surface area contributed by atoms with Crippen molar-refractivity contribution in [2.45, 2.75) is 13.5 Å². The molecule has 1 fully saturated rings. The van der Waals surface area contributed by atoms with Gasteiger partial charge in [-0.15, -0.1) is 10.2 Å². The van der Waals surface area contributed by atoms with Crippen LogP contribution in [-0.2, 0) is 11.3 Å². The first-order chi connectivity index (χ1) is 13.6. The number of aromatic nitrogens is 4. The minimum atomic E-state index is 0.00366. The topological polar surface area (TPSA) is 67.2 Å². The van der Waals surface area contributed by atoms with Crippen molar-refractivity contribution in [1.82, 2.24) is 25.1 Å². The van der Waals surface area contributed by atoms with Gasteiger partial charge in [-0.2, -0.15) is 4.80 Å². The van der Waals surface area contributed by atoms with E-state index in [1.54, 1.807) is 12.1 Å². The largest absolute Gasteiger partial charge is 0.368 e. The Morgan fingerprint density at radius 3 is 2.54 bits per heavy atom. The monoisotopic (exact) mass is 396 g/mol. The maximum absolute atomic E-state index is 12.6. The summed E-state index contributed by atoms with van der Waals surface area (Å²) in [6.45, 7) is 5.18. The van der Waals surface area contributed by atoms with Gasteiger partial charge in [-0.25, -0.2) is 0 Å². The zero-order valence-electron chi connectivity index (χ0n) is 15.6. The number of benzene rings is 2. The van der Waals surface area contributed by atoms with Crippen molar-refractivity contribution in [3.63, 3.8) is 0 Å². The van der Waals surface area contributed by atoms with Crippen LogP contribution in [0.2, 0.25) is 5.02 Å². The summed E-state index contributed by atoms with van der Waals surface area (Å²) in [6.07, 6.45) is 0. The summed E-state index contributed by atoms with van der Waals surface area (Å²) in [4.78, 5) is 18.1. The van der Waals surface area contributed by atoms with Crippen LogP contribution in [0.5, 0.6) is 0 Å². The summed E-state index contributed by atoms with van der Waals surface area (Å²) in [5, 5.41) is 13.0. The summed E-state index contributed by atoms with van der Waals surface area (Å²) in [5.74, 6) is 0.484. The second-order valence-electron chi connectivity index (χ2n) is 6.86. The van der Waals surface area contributed by atoms with E-state index in [9.17, 15) is 4.79 Å². The van der Waals surface area contributed by atoms with Crippen LogP contribution >= 0.6 is 11.6 Å². The van der Waals surface area contributed by atoms with E-state index in [2.05, 4.69) is 51.5 Å². The van der Waals surface area contributed by atoms with E-state index in [0.717, 1.165) is 18.7 Å². The minimum absolute atomic E-state index is 0.00366. The Balaban J connectivity index is 1.34. The highest BCUT2D eigenvalue weighted by molar-refractivity contribution is 6.30. The third kappa shape index (κ3) is 4.14. The van der Waals surface area contributed by atoms with Crippen molar-refractivity contribution in [3.8, 4) is 11.4 Å². The number of aryl methyl sites for hydroxylation is 1. The van der Waals surface area contributed by atoms with Crippen molar-refractivity contribution in [2.75, 3.05) is 31.1 Å². The molecule has 28 heavy (non-hydrogen) atoms. The van der Waals surface area contributed by atoms with Gasteiger partial charge in [-0.1, -0.05) is 23.7 Å². The number of hydrogen-bond acceptors (Lipinski definition) is 5. The third-order valence-corrected chi connectivity index (χ3v) is 5.08. The molecule has 0 atom stereocenters. The molecule has 7 nitrogen and oxygen atoms in total. The fraction of sp³-hybridized carbons (Fsp3) is 0.300. The number of anilines is 1. The normalized spacial score (nSPS) is 14.4. The van der Waals surface area contributed by atoms with Gasteiger partial charge in [-0.05, 0) is 54.1 Å². The molecule has 1 amide bonds. The molecule has 0 N–H and O–H groups in total. The molecule has 1 aliphatic heterocycles. The van der Waals surface area contributed by atoms with Crippen LogP contribution in [-0.4, -0.2) is 57.2 Å². The zero-order valence-corrected chi connectivity index (χ0v) is 16.4. The zero-order chi connectivity index (χ0) is 19.5. The molecular formula is C20H21ClN6O. The van der Waals surface area contributed by atoms with Crippen molar-refractivity contribution >= 4 is 23.2 Å². The lowest BCUT2D eigenvalue weighted by molar-refractivity contribution is -0.132. The maximum Gasteiger partial charge on any atom is 0.246 e. The van der Waals surface area contributed by atoms with Crippen LogP contribution in [0, 0.1) is 6.92 Å². The lowest BCUT2D eigenvalue weighted by Crippen LogP contribution is -2.49. The van der Waals surface area contributed by atoms with Crippen molar-refractivity contribution in [2.24, 2.45) is 0 Å². The Labute approximate surface area is 168 Å². The van der Waals surface area contributed by atoms with Crippen molar-refractivity contribution in [1.29, 1.82) is 0 Å². The van der Waals surface area contributed by atoms with Gasteiger partial charge in [0, 0.05) is 42.5 Å². The summed E-state index contributed by atoms with van der Waals surface area (Å²) >= 11 is 5.90. The molecule has 2 heterocycles. The van der Waals surface area contributed by atoms with Gasteiger partial charge in [0.25, 0.3) is 0 Å². The summed E-state index contributed by atoms with van der Waals surface area (Å²) < 4.78 is 0. The molecule has 0 bridgehead atoms. The van der Waals surface area contributed by atoms with Crippen LogP contribution < -0.4 is 4.90 Å². The Kier molecular flexibility index (Phi) is 5.25. The van der Waals surface area contributed by atoms with Crippen LogP contribution in [0.1, 0.15) is 5.56 Å². The number of hydrogen-bond donors (Lipinski definition) is 0. The molecule has 2 aromatic carbocycles. The van der Waals surface area contributed by atoms with E-state index in [4.69, 9.17) is 11.6 Å². The Morgan fingerprint density at radius 2 is 1.82 bits per heavy atom. The highest BCUT2D eigenvalue weighted by Crippen LogP contribution is 2.19. The molecule has 0 saturated carbocycles. The van der Waals surface area contributed by atoms with Crippen LogP contribution in [0.15, 0.2) is 48.5 Å². The third-order valence-electron chi connectivity index (χ3n) is 4.83. The molecule has 3 aromatic rings. The molecule has 8 heteroatoms. The first-order valence-corrected chi connectivity index (χ1v) is 9.59. The van der Waals surface area contributed by atoms with Gasteiger partial charge >= 0.3 is 0 Å². The summed E-state index contributed by atoms with van der Waals surface area (Å²) in [5.41, 5.74) is 3.26. The number of tetrazole rings is 1. The van der Waals surface area contributed by atoms with Gasteiger partial charge in [0.15, 0.2) is 0 Å². The Bertz CT molecular complexity index is 963. The molecule has 0 unspecified atom stereocenters. The van der Waals surface area contributed by atoms with Gasteiger partial charge in [0.05, 0.1) is 0 Å². The second kappa shape index (κ2) is 7.98. The SMILES string of the molecule is Cc1cccc(N2CCN(C(=O)Cn3nnc(-c4ccc(Cl)cc4)n3)CC2)c1. The van der Waals surface area contributed by atoms with E-state index in [1.807, 2.05) is 17.0 Å². The molecule has 4 rings (SSSR count). The number of nitrogens with zero attached hydrogens (tertiary/aromatic N) is 6. The standard InChI is InChI=1S/C20H21ClN6O/c1-15-3-2-4-18(13-15)25-9-11-26(12-10-25)19(28)14-27-23-20(22-24-27)16-5-7-17(21)8-6-16/h2-8,13H,9-12,14H2,1H3. The quantitative estimate of drug-likeness (QED) is 0.678. The number of carbonyl (C=O) groups is 1. The molecule has 1 aliphatic rings. The van der Waals surface area contributed by atoms with Crippen molar-refractivity contribution in [3.05, 3.63) is 59.1 Å². The fourth-order valence-corrected chi connectivity index (χ4v) is 3.41. The first-order valence-electron chi connectivity index (χ1n) is 9.21. The molecule has 0 aliphatic carbocycles. The molecule has 1 aromatic heterocycles. The van der Waals surface area contributed by atoms with Crippen molar-refractivity contribution < 1.29 is 4.79 Å². The number of carbonyl (C=O) groups excluding carboxylic acids is 1. The fourth-order valence-electron chi connectivity index (χ4n) is 3.28. The van der Waals surface area contributed by atoms with Gasteiger partial charge in [-0.3, -0.25) is 4.79 Å². The van der Waals surface area contributed by atoms with E-state index in [1.165, 1.54) is 16.0 Å². The van der Waals surface area contributed by atoms with Gasteiger partial charge in [0.2, 0.25) is 11.7 Å². The van der Waals surface area contributed by atoms with Crippen LogP contribution in [0.25, 0.3) is 11.4 Å². The van der Waals surface area contributed by atoms with Gasteiger partial charge < -0.3 is 9.80 Å². The molecule has 0 radical (unpaired) electrons. The van der Waals surface area contributed by atoms with E-state index >= 15 is 0 Å². The maximum atomic E-state index is 12.6. The molecule has 1 saturated heterocycles. The smallest absolute Gasteiger partial charge is 0.246 e. The number of piperazine rings is 1. The first kappa shape index (κ1) is 18.4. The highest BCUT2D eigenvalue weighted by atomic mass is 35.5. The van der Waals surface area contributed by atoms with Gasteiger partial charge in [0.1, 0.15) is 6.54 Å². The molecule has 0 spiro atoms. The van der Waals surface area contributed by atoms with E-state index in [0.29, 0.717) is 23.9 Å². The molecular weight excluding hydrogens is 376 g/mol. The average molecular weight is 397 g/mol. The van der Waals surface area contributed by atoms with Crippen LogP contribution in [0.4, 0.5) is 5.69 Å². The lowest BCUT2D eigenvalue weighted by Gasteiger charge is -2.36. The number of rotatable bonds is 4. The van der Waals surface area contributed by atoms with E-state index in [-0.39, 0.29) is 12.5 Å². The Hall–Kier alpha value is -2.93.